The van der Waals surface area contributed by atoms with Crippen molar-refractivity contribution in [3.8, 4) is 5.75 Å². The van der Waals surface area contributed by atoms with Gasteiger partial charge in [-0.2, -0.15) is 0 Å². The Morgan fingerprint density at radius 3 is 2.00 bits per heavy atom. The minimum absolute atomic E-state index is 0.255. The minimum atomic E-state index is -0.924. The van der Waals surface area contributed by atoms with Crippen molar-refractivity contribution in [2.45, 2.75) is 104 Å². The van der Waals surface area contributed by atoms with Gasteiger partial charge in [-0.05, 0) is 30.9 Å². The van der Waals surface area contributed by atoms with Crippen LogP contribution in [0.1, 0.15) is 114 Å². The van der Waals surface area contributed by atoms with Gasteiger partial charge in [-0.1, -0.05) is 103 Å². The smallest absolute Gasteiger partial charge is 0.339 e. The van der Waals surface area contributed by atoms with Gasteiger partial charge in [0.1, 0.15) is 11.3 Å². The molecule has 1 aromatic carbocycles. The Labute approximate surface area is 172 Å². The Morgan fingerprint density at radius 2 is 1.36 bits per heavy atom. The topological polar surface area (TPSA) is 46.5 Å². The van der Waals surface area contributed by atoms with Gasteiger partial charge in [0, 0.05) is 0 Å². The zero-order chi connectivity index (χ0) is 20.5. The second-order valence-corrected chi connectivity index (χ2v) is 8.06. The SMILES string of the molecule is CCCCCCCCC(CCCCCC)CCCOc1ccccc1C(=O)O. The number of hydrogen-bond acceptors (Lipinski definition) is 2. The van der Waals surface area contributed by atoms with E-state index in [4.69, 9.17) is 4.74 Å². The Balaban J connectivity index is 2.33. The molecular weight excluding hydrogens is 348 g/mol. The fourth-order valence-electron chi connectivity index (χ4n) is 3.83. The molecule has 28 heavy (non-hydrogen) atoms. The van der Waals surface area contributed by atoms with Crippen molar-refractivity contribution in [3.05, 3.63) is 29.8 Å². The van der Waals surface area contributed by atoms with Crippen LogP contribution in [0.2, 0.25) is 0 Å². The van der Waals surface area contributed by atoms with Gasteiger partial charge < -0.3 is 9.84 Å². The molecule has 160 valence electrons. The molecule has 1 N–H and O–H groups in total. The van der Waals surface area contributed by atoms with Crippen molar-refractivity contribution in [2.24, 2.45) is 5.92 Å². The van der Waals surface area contributed by atoms with Crippen molar-refractivity contribution in [2.75, 3.05) is 6.61 Å². The molecule has 1 unspecified atom stereocenters. The molecule has 0 aliphatic carbocycles. The fraction of sp³-hybridized carbons (Fsp3) is 0.720. The number of ether oxygens (including phenoxy) is 1. The largest absolute Gasteiger partial charge is 0.493 e. The summed E-state index contributed by atoms with van der Waals surface area (Å²) < 4.78 is 5.78. The van der Waals surface area contributed by atoms with Crippen molar-refractivity contribution in [1.29, 1.82) is 0 Å². The summed E-state index contributed by atoms with van der Waals surface area (Å²) in [6.07, 6.45) is 18.4. The molecule has 1 atom stereocenters. The summed E-state index contributed by atoms with van der Waals surface area (Å²) in [6, 6.07) is 6.93. The molecule has 0 saturated heterocycles. The second kappa shape index (κ2) is 16.4. The molecule has 3 nitrogen and oxygen atoms in total. The van der Waals surface area contributed by atoms with Crippen molar-refractivity contribution in [3.63, 3.8) is 0 Å². The molecule has 1 rings (SSSR count). The average molecular weight is 391 g/mol. The van der Waals surface area contributed by atoms with Gasteiger partial charge in [0.15, 0.2) is 0 Å². The molecule has 1 aromatic rings. The first-order valence-electron chi connectivity index (χ1n) is 11.6. The summed E-state index contributed by atoms with van der Waals surface area (Å²) in [4.78, 5) is 11.3. The van der Waals surface area contributed by atoms with Gasteiger partial charge in [0.25, 0.3) is 0 Å². The van der Waals surface area contributed by atoms with Crippen molar-refractivity contribution in [1.82, 2.24) is 0 Å². The summed E-state index contributed by atoms with van der Waals surface area (Å²) in [5.41, 5.74) is 0.255. The van der Waals surface area contributed by atoms with Gasteiger partial charge in [0.05, 0.1) is 6.61 Å². The minimum Gasteiger partial charge on any atom is -0.493 e. The lowest BCUT2D eigenvalue weighted by atomic mass is 9.90. The molecule has 3 heteroatoms. The third kappa shape index (κ3) is 11.4. The summed E-state index contributed by atoms with van der Waals surface area (Å²) >= 11 is 0. The Kier molecular flexibility index (Phi) is 14.4. The lowest BCUT2D eigenvalue weighted by Crippen LogP contribution is -2.07. The number of unbranched alkanes of at least 4 members (excludes halogenated alkanes) is 8. The van der Waals surface area contributed by atoms with Crippen molar-refractivity contribution < 1.29 is 14.6 Å². The maximum Gasteiger partial charge on any atom is 0.339 e. The maximum absolute atomic E-state index is 11.3. The van der Waals surface area contributed by atoms with E-state index in [0.717, 1.165) is 12.3 Å². The Hall–Kier alpha value is -1.51. The van der Waals surface area contributed by atoms with Crippen molar-refractivity contribution >= 4 is 5.97 Å². The van der Waals surface area contributed by atoms with Crippen LogP contribution in [0.15, 0.2) is 24.3 Å². The molecule has 0 aromatic heterocycles. The number of aromatic carboxylic acids is 1. The zero-order valence-corrected chi connectivity index (χ0v) is 18.3. The maximum atomic E-state index is 11.3. The van der Waals surface area contributed by atoms with E-state index in [9.17, 15) is 9.90 Å². The van der Waals surface area contributed by atoms with E-state index in [-0.39, 0.29) is 5.56 Å². The average Bonchev–Trinajstić information content (AvgIpc) is 2.70. The summed E-state index contributed by atoms with van der Waals surface area (Å²) in [7, 11) is 0. The Morgan fingerprint density at radius 1 is 0.821 bits per heavy atom. The van der Waals surface area contributed by atoms with E-state index < -0.39 is 5.97 Å². The van der Waals surface area contributed by atoms with E-state index in [0.29, 0.717) is 12.4 Å². The molecule has 0 aliphatic rings. The number of carbonyl (C=O) groups is 1. The highest BCUT2D eigenvalue weighted by Gasteiger charge is 2.11. The lowest BCUT2D eigenvalue weighted by molar-refractivity contribution is 0.0692. The molecular formula is C25H42O3. The quantitative estimate of drug-likeness (QED) is 0.259. The summed E-state index contributed by atoms with van der Waals surface area (Å²) in [5, 5.41) is 9.25. The number of benzene rings is 1. The first-order valence-corrected chi connectivity index (χ1v) is 11.6. The lowest BCUT2D eigenvalue weighted by Gasteiger charge is -2.17. The highest BCUT2D eigenvalue weighted by molar-refractivity contribution is 5.90. The molecule has 0 heterocycles. The van der Waals surface area contributed by atoms with Gasteiger partial charge in [-0.15, -0.1) is 0 Å². The molecule has 0 aliphatic heterocycles. The van der Waals surface area contributed by atoms with Crippen LogP contribution in [0.5, 0.6) is 5.75 Å². The van der Waals surface area contributed by atoms with Crippen LogP contribution in [-0.2, 0) is 0 Å². The van der Waals surface area contributed by atoms with E-state index >= 15 is 0 Å². The highest BCUT2D eigenvalue weighted by atomic mass is 16.5. The van der Waals surface area contributed by atoms with E-state index in [1.165, 1.54) is 83.5 Å². The fourth-order valence-corrected chi connectivity index (χ4v) is 3.83. The third-order valence-corrected chi connectivity index (χ3v) is 5.56. The number of rotatable bonds is 18. The molecule has 0 fully saturated rings. The highest BCUT2D eigenvalue weighted by Crippen LogP contribution is 2.24. The van der Waals surface area contributed by atoms with E-state index in [1.807, 2.05) is 6.07 Å². The van der Waals surface area contributed by atoms with Gasteiger partial charge >= 0.3 is 5.97 Å². The second-order valence-electron chi connectivity index (χ2n) is 8.06. The number of carboxylic acids is 1. The summed E-state index contributed by atoms with van der Waals surface area (Å²) in [6.45, 7) is 5.13. The van der Waals surface area contributed by atoms with Crippen LogP contribution in [-0.4, -0.2) is 17.7 Å². The van der Waals surface area contributed by atoms with Crippen LogP contribution >= 0.6 is 0 Å². The van der Waals surface area contributed by atoms with E-state index in [2.05, 4.69) is 13.8 Å². The van der Waals surface area contributed by atoms with Crippen LogP contribution in [0.3, 0.4) is 0 Å². The summed E-state index contributed by atoms with van der Waals surface area (Å²) in [5.74, 6) is 0.360. The van der Waals surface area contributed by atoms with E-state index in [1.54, 1.807) is 18.2 Å². The first-order chi connectivity index (χ1) is 13.7. The zero-order valence-electron chi connectivity index (χ0n) is 18.3. The standard InChI is InChI=1S/C25H42O3/c1-3-5-7-9-10-12-17-22(16-11-8-6-4-2)18-15-21-28-24-20-14-13-19-23(24)25(26)27/h13-14,19-20,22H,3-12,15-18,21H2,1-2H3,(H,26,27). The molecule has 0 amide bonds. The van der Waals surface area contributed by atoms with Gasteiger partial charge in [-0.3, -0.25) is 0 Å². The van der Waals surface area contributed by atoms with Crippen LogP contribution in [0.25, 0.3) is 0 Å². The van der Waals surface area contributed by atoms with Gasteiger partial charge in [0.2, 0.25) is 0 Å². The molecule has 0 saturated carbocycles. The van der Waals surface area contributed by atoms with Gasteiger partial charge in [-0.25, -0.2) is 4.79 Å². The van der Waals surface area contributed by atoms with Crippen LogP contribution < -0.4 is 4.74 Å². The number of hydrogen-bond donors (Lipinski definition) is 1. The predicted octanol–water partition coefficient (Wildman–Crippen LogP) is 7.88. The molecule has 0 radical (unpaired) electrons. The first kappa shape index (κ1) is 24.5. The van der Waals surface area contributed by atoms with Crippen LogP contribution in [0, 0.1) is 5.92 Å². The molecule has 0 spiro atoms. The Bertz CT molecular complexity index is 512. The number of para-hydroxylation sites is 1. The normalized spacial score (nSPS) is 12.1. The number of carboxylic acid groups (broad SMARTS) is 1. The molecule has 0 bridgehead atoms. The predicted molar refractivity (Wildman–Crippen MR) is 118 cm³/mol. The third-order valence-electron chi connectivity index (χ3n) is 5.56. The monoisotopic (exact) mass is 390 g/mol. The van der Waals surface area contributed by atoms with Crippen LogP contribution in [0.4, 0.5) is 0 Å².